The van der Waals surface area contributed by atoms with Crippen molar-refractivity contribution in [3.8, 4) is 11.5 Å². The Morgan fingerprint density at radius 2 is 1.68 bits per heavy atom. The normalized spacial score (nSPS) is 23.4. The summed E-state index contributed by atoms with van der Waals surface area (Å²) >= 11 is 0. The topological polar surface area (TPSA) is 98.5 Å². The summed E-state index contributed by atoms with van der Waals surface area (Å²) in [6, 6.07) is 1.97. The first-order valence-electron chi connectivity index (χ1n) is 7.89. The van der Waals surface area contributed by atoms with Crippen molar-refractivity contribution in [3.05, 3.63) is 17.9 Å². The summed E-state index contributed by atoms with van der Waals surface area (Å²) in [5.41, 5.74) is 10.8. The van der Waals surface area contributed by atoms with Gasteiger partial charge in [0.2, 0.25) is 11.9 Å². The minimum absolute atomic E-state index is 0.0170. The Morgan fingerprint density at radius 1 is 1.04 bits per heavy atom. The van der Waals surface area contributed by atoms with E-state index in [1.165, 1.54) is 4.90 Å². The van der Waals surface area contributed by atoms with Crippen LogP contribution in [0, 0.1) is 5.82 Å². The lowest BCUT2D eigenvalue weighted by molar-refractivity contribution is -0.286. The van der Waals surface area contributed by atoms with Crippen LogP contribution in [0.3, 0.4) is 0 Å². The van der Waals surface area contributed by atoms with Crippen LogP contribution in [0.1, 0.15) is 32.1 Å². The second kappa shape index (κ2) is 5.17. The minimum atomic E-state index is -3.83. The number of hydrogen-bond acceptors (Lipinski definition) is 7. The number of guanidine groups is 2. The molecular formula is C15H16F3N5O2. The Hall–Kier alpha value is -2.65. The maximum atomic E-state index is 14.7. The molecule has 4 rings (SSSR count). The van der Waals surface area contributed by atoms with E-state index in [0.717, 1.165) is 31.4 Å². The summed E-state index contributed by atoms with van der Waals surface area (Å²) in [4.78, 5) is 9.74. The smallest absolute Gasteiger partial charge is 0.395 e. The van der Waals surface area contributed by atoms with Crippen LogP contribution in [-0.4, -0.2) is 23.9 Å². The molecule has 0 aromatic heterocycles. The van der Waals surface area contributed by atoms with E-state index in [-0.39, 0.29) is 29.1 Å². The van der Waals surface area contributed by atoms with Gasteiger partial charge in [0.1, 0.15) is 5.66 Å². The average Bonchev–Trinajstić information content (AvgIpc) is 2.80. The number of hydrogen-bond donors (Lipinski definition) is 2. The Morgan fingerprint density at radius 3 is 2.36 bits per heavy atom. The summed E-state index contributed by atoms with van der Waals surface area (Å²) in [6.45, 7) is 0. The molecule has 25 heavy (non-hydrogen) atoms. The van der Waals surface area contributed by atoms with Gasteiger partial charge in [-0.05, 0) is 25.7 Å². The minimum Gasteiger partial charge on any atom is -0.395 e. The highest BCUT2D eigenvalue weighted by Gasteiger charge is 2.47. The van der Waals surface area contributed by atoms with Crippen molar-refractivity contribution in [2.45, 2.75) is 44.1 Å². The van der Waals surface area contributed by atoms with Gasteiger partial charge < -0.3 is 20.9 Å². The third-order valence-corrected chi connectivity index (χ3v) is 4.56. The molecule has 134 valence electrons. The van der Waals surface area contributed by atoms with E-state index in [4.69, 9.17) is 11.5 Å². The number of anilines is 1. The lowest BCUT2D eigenvalue weighted by atomic mass is 9.87. The van der Waals surface area contributed by atoms with Gasteiger partial charge in [0.25, 0.3) is 0 Å². The Balaban J connectivity index is 1.82. The SMILES string of the molecule is NC1=NC2(CCCCC2)N(c2cc3c(cc2F)OC(F)(F)O3)C(N)=N1. The molecular weight excluding hydrogens is 339 g/mol. The van der Waals surface area contributed by atoms with Gasteiger partial charge in [-0.3, -0.25) is 4.90 Å². The van der Waals surface area contributed by atoms with Crippen LogP contribution >= 0.6 is 0 Å². The molecule has 1 aromatic rings. The van der Waals surface area contributed by atoms with Gasteiger partial charge in [-0.25, -0.2) is 9.38 Å². The Bertz CT molecular complexity index is 790. The number of rotatable bonds is 1. The Kier molecular flexibility index (Phi) is 3.28. The van der Waals surface area contributed by atoms with Crippen molar-refractivity contribution in [2.75, 3.05) is 4.90 Å². The fourth-order valence-electron chi connectivity index (χ4n) is 3.60. The molecule has 10 heteroatoms. The second-order valence-electron chi connectivity index (χ2n) is 6.24. The molecule has 2 heterocycles. The van der Waals surface area contributed by atoms with Gasteiger partial charge in [0.05, 0.1) is 5.69 Å². The number of benzene rings is 1. The van der Waals surface area contributed by atoms with Crippen molar-refractivity contribution in [1.82, 2.24) is 0 Å². The number of nitrogens with zero attached hydrogens (tertiary/aromatic N) is 3. The first-order valence-corrected chi connectivity index (χ1v) is 7.89. The van der Waals surface area contributed by atoms with Crippen molar-refractivity contribution in [1.29, 1.82) is 0 Å². The van der Waals surface area contributed by atoms with Crippen LogP contribution in [0.2, 0.25) is 0 Å². The summed E-state index contributed by atoms with van der Waals surface area (Å²) in [5, 5.41) is 0. The lowest BCUT2D eigenvalue weighted by Crippen LogP contribution is -2.58. The first-order chi connectivity index (χ1) is 11.8. The monoisotopic (exact) mass is 355 g/mol. The predicted octanol–water partition coefficient (Wildman–Crippen LogP) is 2.26. The summed E-state index contributed by atoms with van der Waals surface area (Å²) in [7, 11) is 0. The Labute approximate surface area is 141 Å². The maximum Gasteiger partial charge on any atom is 0.586 e. The number of nitrogens with two attached hydrogens (primary N) is 2. The van der Waals surface area contributed by atoms with Crippen LogP contribution in [0.4, 0.5) is 18.9 Å². The standard InChI is InChI=1S/C15H16F3N5O2/c16-8-6-10-11(25-15(17,18)24-10)7-9(8)23-13(20)21-12(19)22-14(23)4-2-1-3-5-14/h6-7H,1-5H2,(H4,19,20,21,22). The van der Waals surface area contributed by atoms with E-state index in [1.807, 2.05) is 0 Å². The van der Waals surface area contributed by atoms with Crippen molar-refractivity contribution in [2.24, 2.45) is 21.5 Å². The molecule has 0 atom stereocenters. The fourth-order valence-corrected chi connectivity index (χ4v) is 3.60. The van der Waals surface area contributed by atoms with Gasteiger partial charge in [-0.1, -0.05) is 6.42 Å². The van der Waals surface area contributed by atoms with E-state index in [2.05, 4.69) is 19.5 Å². The highest BCUT2D eigenvalue weighted by molar-refractivity contribution is 6.05. The van der Waals surface area contributed by atoms with Crippen molar-refractivity contribution in [3.63, 3.8) is 0 Å². The van der Waals surface area contributed by atoms with Crippen LogP contribution in [0.5, 0.6) is 11.5 Å². The molecule has 0 unspecified atom stereocenters. The predicted molar refractivity (Wildman–Crippen MR) is 84.1 cm³/mol. The highest BCUT2D eigenvalue weighted by atomic mass is 19.3. The fraction of sp³-hybridized carbons (Fsp3) is 0.467. The zero-order chi connectivity index (χ0) is 17.8. The average molecular weight is 355 g/mol. The van der Waals surface area contributed by atoms with Crippen LogP contribution < -0.4 is 25.8 Å². The molecule has 0 saturated heterocycles. The zero-order valence-corrected chi connectivity index (χ0v) is 13.1. The first kappa shape index (κ1) is 15.9. The summed E-state index contributed by atoms with van der Waals surface area (Å²) < 4.78 is 49.9. The van der Waals surface area contributed by atoms with Crippen LogP contribution in [0.15, 0.2) is 22.1 Å². The third-order valence-electron chi connectivity index (χ3n) is 4.56. The van der Waals surface area contributed by atoms with Gasteiger partial charge in [-0.2, -0.15) is 4.99 Å². The van der Waals surface area contributed by atoms with E-state index >= 15 is 0 Å². The van der Waals surface area contributed by atoms with Gasteiger partial charge in [0.15, 0.2) is 17.3 Å². The highest BCUT2D eigenvalue weighted by Crippen LogP contribution is 2.47. The molecule has 1 spiro atoms. The molecule has 4 N–H and O–H groups in total. The quantitative estimate of drug-likeness (QED) is 0.805. The molecule has 0 bridgehead atoms. The maximum absolute atomic E-state index is 14.7. The molecule has 1 saturated carbocycles. The molecule has 2 aliphatic heterocycles. The van der Waals surface area contributed by atoms with E-state index < -0.39 is 17.8 Å². The number of fused-ring (bicyclic) bond motifs is 1. The van der Waals surface area contributed by atoms with Gasteiger partial charge in [0, 0.05) is 12.1 Å². The lowest BCUT2D eigenvalue weighted by Gasteiger charge is -2.45. The molecule has 0 amide bonds. The number of ether oxygens (including phenoxy) is 2. The van der Waals surface area contributed by atoms with E-state index in [1.54, 1.807) is 0 Å². The molecule has 1 fully saturated rings. The van der Waals surface area contributed by atoms with E-state index in [0.29, 0.717) is 12.8 Å². The van der Waals surface area contributed by atoms with Crippen LogP contribution in [-0.2, 0) is 0 Å². The summed E-state index contributed by atoms with van der Waals surface area (Å²) in [6.07, 6.45) is 0.0649. The van der Waals surface area contributed by atoms with Gasteiger partial charge in [-0.15, -0.1) is 8.78 Å². The molecule has 7 nitrogen and oxygen atoms in total. The van der Waals surface area contributed by atoms with Gasteiger partial charge >= 0.3 is 6.29 Å². The summed E-state index contributed by atoms with van der Waals surface area (Å²) in [5.74, 6) is -1.47. The number of aliphatic imine (C=N–C) groups is 2. The van der Waals surface area contributed by atoms with Crippen molar-refractivity contribution < 1.29 is 22.6 Å². The molecule has 1 aliphatic carbocycles. The second-order valence-corrected chi connectivity index (χ2v) is 6.24. The number of halogens is 3. The zero-order valence-electron chi connectivity index (χ0n) is 13.1. The van der Waals surface area contributed by atoms with Crippen LogP contribution in [0.25, 0.3) is 0 Å². The largest absolute Gasteiger partial charge is 0.586 e. The van der Waals surface area contributed by atoms with E-state index in [9.17, 15) is 13.2 Å². The number of alkyl halides is 2. The van der Waals surface area contributed by atoms with Crippen molar-refractivity contribution >= 4 is 17.6 Å². The third kappa shape index (κ3) is 2.52. The molecule has 3 aliphatic rings. The molecule has 1 aromatic carbocycles. The molecule has 0 radical (unpaired) electrons.